The van der Waals surface area contributed by atoms with Crippen LogP contribution in [-0.2, 0) is 17.6 Å². The van der Waals surface area contributed by atoms with Crippen molar-refractivity contribution in [2.75, 3.05) is 7.11 Å². The molecular weight excluding hydrogens is 276 g/mol. The predicted molar refractivity (Wildman–Crippen MR) is 87.6 cm³/mol. The lowest BCUT2D eigenvalue weighted by Crippen LogP contribution is -2.03. The summed E-state index contributed by atoms with van der Waals surface area (Å²) < 4.78 is 10.4. The molecule has 0 aliphatic rings. The lowest BCUT2D eigenvalue weighted by molar-refractivity contribution is -0.131. The summed E-state index contributed by atoms with van der Waals surface area (Å²) in [6.45, 7) is 5.43. The van der Waals surface area contributed by atoms with Crippen molar-refractivity contribution in [1.82, 2.24) is 0 Å². The SMILES string of the molecule is COc1ccc(CCc2ccc(OC(C)=O)c(C)c2)cc1C. The highest BCUT2D eigenvalue weighted by Crippen LogP contribution is 2.22. The van der Waals surface area contributed by atoms with Crippen LogP contribution in [0, 0.1) is 13.8 Å². The van der Waals surface area contributed by atoms with Crippen LogP contribution in [0.1, 0.15) is 29.2 Å². The van der Waals surface area contributed by atoms with E-state index in [1.807, 2.05) is 25.1 Å². The largest absolute Gasteiger partial charge is 0.496 e. The summed E-state index contributed by atoms with van der Waals surface area (Å²) in [5, 5.41) is 0. The van der Waals surface area contributed by atoms with E-state index in [0.29, 0.717) is 5.75 Å². The van der Waals surface area contributed by atoms with Crippen LogP contribution >= 0.6 is 0 Å². The third kappa shape index (κ3) is 4.10. The average Bonchev–Trinajstić information content (AvgIpc) is 2.47. The number of aryl methyl sites for hydroxylation is 4. The van der Waals surface area contributed by atoms with Gasteiger partial charge in [-0.05, 0) is 61.1 Å². The van der Waals surface area contributed by atoms with E-state index < -0.39 is 0 Å². The van der Waals surface area contributed by atoms with E-state index in [1.54, 1.807) is 7.11 Å². The minimum absolute atomic E-state index is 0.287. The van der Waals surface area contributed by atoms with Gasteiger partial charge in [0.15, 0.2) is 0 Å². The zero-order valence-electron chi connectivity index (χ0n) is 13.6. The van der Waals surface area contributed by atoms with E-state index in [9.17, 15) is 4.79 Å². The van der Waals surface area contributed by atoms with Crippen molar-refractivity contribution in [3.05, 3.63) is 58.7 Å². The molecule has 0 spiro atoms. The smallest absolute Gasteiger partial charge is 0.308 e. The molecule has 0 heterocycles. The third-order valence-electron chi connectivity index (χ3n) is 3.65. The van der Waals surface area contributed by atoms with Gasteiger partial charge in [0.25, 0.3) is 0 Å². The molecule has 3 nitrogen and oxygen atoms in total. The Morgan fingerprint density at radius 3 is 1.82 bits per heavy atom. The Kier molecular flexibility index (Phi) is 5.21. The van der Waals surface area contributed by atoms with Gasteiger partial charge in [0, 0.05) is 6.92 Å². The summed E-state index contributed by atoms with van der Waals surface area (Å²) in [6, 6.07) is 12.2. The highest BCUT2D eigenvalue weighted by atomic mass is 16.5. The van der Waals surface area contributed by atoms with Crippen molar-refractivity contribution >= 4 is 5.97 Å². The van der Waals surface area contributed by atoms with E-state index in [-0.39, 0.29) is 5.97 Å². The second-order valence-corrected chi connectivity index (χ2v) is 5.50. The van der Waals surface area contributed by atoms with E-state index in [4.69, 9.17) is 9.47 Å². The molecule has 0 saturated carbocycles. The lowest BCUT2D eigenvalue weighted by Gasteiger charge is -2.09. The number of ether oxygens (including phenoxy) is 2. The van der Waals surface area contributed by atoms with Gasteiger partial charge in [-0.2, -0.15) is 0 Å². The van der Waals surface area contributed by atoms with Crippen molar-refractivity contribution in [2.45, 2.75) is 33.6 Å². The number of rotatable bonds is 5. The molecule has 0 unspecified atom stereocenters. The third-order valence-corrected chi connectivity index (χ3v) is 3.65. The number of methoxy groups -OCH3 is 1. The number of esters is 1. The van der Waals surface area contributed by atoms with Gasteiger partial charge in [-0.1, -0.05) is 24.3 Å². The molecule has 0 aliphatic carbocycles. The number of hydrogen-bond acceptors (Lipinski definition) is 3. The fourth-order valence-electron chi connectivity index (χ4n) is 2.52. The fraction of sp³-hybridized carbons (Fsp3) is 0.316. The van der Waals surface area contributed by atoms with Gasteiger partial charge in [0.1, 0.15) is 11.5 Å². The molecule has 2 aromatic rings. The summed E-state index contributed by atoms with van der Waals surface area (Å²) in [7, 11) is 1.69. The zero-order valence-corrected chi connectivity index (χ0v) is 13.6. The molecule has 0 bridgehead atoms. The van der Waals surface area contributed by atoms with E-state index in [2.05, 4.69) is 25.1 Å². The zero-order chi connectivity index (χ0) is 16.1. The van der Waals surface area contributed by atoms with Crippen LogP contribution in [0.2, 0.25) is 0 Å². The summed E-state index contributed by atoms with van der Waals surface area (Å²) in [5.74, 6) is 1.27. The van der Waals surface area contributed by atoms with Crippen LogP contribution in [0.15, 0.2) is 36.4 Å². The molecule has 3 heteroatoms. The Morgan fingerprint density at radius 1 is 0.909 bits per heavy atom. The molecule has 0 aromatic heterocycles. The summed E-state index contributed by atoms with van der Waals surface area (Å²) in [4.78, 5) is 11.0. The van der Waals surface area contributed by atoms with Gasteiger partial charge in [-0.3, -0.25) is 4.79 Å². The number of carbonyl (C=O) groups is 1. The van der Waals surface area contributed by atoms with Crippen LogP contribution in [0.25, 0.3) is 0 Å². The first-order chi connectivity index (χ1) is 10.5. The first-order valence-electron chi connectivity index (χ1n) is 7.41. The van der Waals surface area contributed by atoms with Crippen molar-refractivity contribution in [3.8, 4) is 11.5 Å². The minimum atomic E-state index is -0.287. The Morgan fingerprint density at radius 2 is 1.41 bits per heavy atom. The number of carbonyl (C=O) groups excluding carboxylic acids is 1. The first kappa shape index (κ1) is 16.1. The molecule has 2 rings (SSSR count). The van der Waals surface area contributed by atoms with Gasteiger partial charge in [-0.25, -0.2) is 0 Å². The maximum absolute atomic E-state index is 11.0. The quantitative estimate of drug-likeness (QED) is 0.618. The molecule has 0 fully saturated rings. The van der Waals surface area contributed by atoms with Crippen molar-refractivity contribution in [1.29, 1.82) is 0 Å². The summed E-state index contributed by atoms with van der Waals surface area (Å²) in [6.07, 6.45) is 1.92. The average molecular weight is 298 g/mol. The van der Waals surface area contributed by atoms with Gasteiger partial charge < -0.3 is 9.47 Å². The Hall–Kier alpha value is -2.29. The summed E-state index contributed by atoms with van der Waals surface area (Å²) >= 11 is 0. The highest BCUT2D eigenvalue weighted by Gasteiger charge is 2.05. The van der Waals surface area contributed by atoms with Crippen LogP contribution in [-0.4, -0.2) is 13.1 Å². The van der Waals surface area contributed by atoms with Gasteiger partial charge in [-0.15, -0.1) is 0 Å². The summed E-state index contributed by atoms with van der Waals surface area (Å²) in [5.41, 5.74) is 4.67. The lowest BCUT2D eigenvalue weighted by atomic mass is 10.0. The molecular formula is C19H22O3. The molecule has 2 aromatic carbocycles. The first-order valence-corrected chi connectivity index (χ1v) is 7.41. The van der Waals surface area contributed by atoms with Crippen molar-refractivity contribution < 1.29 is 14.3 Å². The van der Waals surface area contributed by atoms with E-state index in [1.165, 1.54) is 18.1 Å². The number of hydrogen-bond donors (Lipinski definition) is 0. The predicted octanol–water partition coefficient (Wildman–Crippen LogP) is 4.02. The van der Waals surface area contributed by atoms with Crippen LogP contribution in [0.4, 0.5) is 0 Å². The van der Waals surface area contributed by atoms with Gasteiger partial charge in [0.2, 0.25) is 0 Å². The normalized spacial score (nSPS) is 10.4. The van der Waals surface area contributed by atoms with Crippen molar-refractivity contribution in [2.24, 2.45) is 0 Å². The minimum Gasteiger partial charge on any atom is -0.496 e. The Labute approximate surface area is 131 Å². The van der Waals surface area contributed by atoms with Gasteiger partial charge in [0.05, 0.1) is 7.11 Å². The Balaban J connectivity index is 2.04. The molecule has 22 heavy (non-hydrogen) atoms. The fourth-order valence-corrected chi connectivity index (χ4v) is 2.52. The molecule has 0 aliphatic heterocycles. The molecule has 116 valence electrons. The maximum Gasteiger partial charge on any atom is 0.308 e. The molecule has 0 N–H and O–H groups in total. The van der Waals surface area contributed by atoms with Crippen molar-refractivity contribution in [3.63, 3.8) is 0 Å². The van der Waals surface area contributed by atoms with Crippen LogP contribution < -0.4 is 9.47 Å². The topological polar surface area (TPSA) is 35.5 Å². The van der Waals surface area contributed by atoms with E-state index >= 15 is 0 Å². The maximum atomic E-state index is 11.0. The second-order valence-electron chi connectivity index (χ2n) is 5.50. The molecule has 0 radical (unpaired) electrons. The van der Waals surface area contributed by atoms with Gasteiger partial charge >= 0.3 is 5.97 Å². The van der Waals surface area contributed by atoms with E-state index in [0.717, 1.165) is 29.7 Å². The highest BCUT2D eigenvalue weighted by molar-refractivity contribution is 5.69. The molecule has 0 amide bonds. The Bertz CT molecular complexity index is 674. The second kappa shape index (κ2) is 7.12. The standard InChI is InChI=1S/C19H22O3/c1-13-11-16(7-9-18(13)21-4)5-6-17-8-10-19(14(2)12-17)22-15(3)20/h7-12H,5-6H2,1-4H3. The monoisotopic (exact) mass is 298 g/mol. The van der Waals surface area contributed by atoms with Crippen LogP contribution in [0.5, 0.6) is 11.5 Å². The van der Waals surface area contributed by atoms with Crippen LogP contribution in [0.3, 0.4) is 0 Å². The molecule has 0 saturated heterocycles. The number of benzene rings is 2. The molecule has 0 atom stereocenters.